The van der Waals surface area contributed by atoms with Gasteiger partial charge in [-0.25, -0.2) is 4.98 Å². The largest absolute Gasteiger partial charge is 0.356 e. The van der Waals surface area contributed by atoms with Crippen LogP contribution in [0.15, 0.2) is 0 Å². The number of fused-ring (bicyclic) bond motifs is 1. The van der Waals surface area contributed by atoms with Gasteiger partial charge in [-0.3, -0.25) is 4.79 Å². The number of imidazole rings is 1. The maximum atomic E-state index is 11.6. The molecule has 0 radical (unpaired) electrons. The Morgan fingerprint density at radius 2 is 2.32 bits per heavy atom. The van der Waals surface area contributed by atoms with Crippen molar-refractivity contribution in [2.45, 2.75) is 52.6 Å². The third kappa shape index (κ3) is 3.15. The molecule has 1 aromatic rings. The molecule has 0 unspecified atom stereocenters. The van der Waals surface area contributed by atoms with E-state index in [1.54, 1.807) is 0 Å². The summed E-state index contributed by atoms with van der Waals surface area (Å²) in [6.45, 7) is 9.54. The van der Waals surface area contributed by atoms with Crippen molar-refractivity contribution in [3.05, 3.63) is 17.2 Å². The fraction of sp³-hybridized carbons (Fsp3) is 0.714. The van der Waals surface area contributed by atoms with Gasteiger partial charge in [0.05, 0.1) is 5.69 Å². The molecule has 106 valence electrons. The predicted octanol–water partition coefficient (Wildman–Crippen LogP) is 1.18. The van der Waals surface area contributed by atoms with Crippen LogP contribution in [-0.2, 0) is 24.3 Å². The van der Waals surface area contributed by atoms with Gasteiger partial charge in [-0.15, -0.1) is 0 Å². The first-order valence-electron chi connectivity index (χ1n) is 7.19. The number of rotatable bonds is 5. The number of hydrogen-bond acceptors (Lipinski definition) is 3. The minimum Gasteiger partial charge on any atom is -0.356 e. The standard InChI is InChI=1S/C14H24N4O/c1-4-16-13(19)6-8-18-12-5-7-15-9-11(12)17-14(18)10(2)3/h10,15H,4-9H2,1-3H3,(H,16,19). The summed E-state index contributed by atoms with van der Waals surface area (Å²) >= 11 is 0. The number of amides is 1. The van der Waals surface area contributed by atoms with Gasteiger partial charge in [0.1, 0.15) is 5.82 Å². The first-order valence-corrected chi connectivity index (χ1v) is 7.19. The van der Waals surface area contributed by atoms with Crippen LogP contribution < -0.4 is 10.6 Å². The quantitative estimate of drug-likeness (QED) is 0.839. The van der Waals surface area contributed by atoms with E-state index >= 15 is 0 Å². The lowest BCUT2D eigenvalue weighted by Crippen LogP contribution is -2.27. The Morgan fingerprint density at radius 3 is 3.00 bits per heavy atom. The normalized spacial score (nSPS) is 14.5. The average Bonchev–Trinajstić information content (AvgIpc) is 2.75. The molecule has 2 rings (SSSR count). The van der Waals surface area contributed by atoms with Gasteiger partial charge in [0, 0.05) is 50.6 Å². The number of nitrogens with one attached hydrogen (secondary N) is 2. The number of carbonyl (C=O) groups excluding carboxylic acids is 1. The molecule has 1 amide bonds. The highest BCUT2D eigenvalue weighted by Gasteiger charge is 2.21. The van der Waals surface area contributed by atoms with Crippen molar-refractivity contribution in [2.24, 2.45) is 0 Å². The molecule has 19 heavy (non-hydrogen) atoms. The van der Waals surface area contributed by atoms with Crippen molar-refractivity contribution in [3.8, 4) is 0 Å². The molecule has 0 bridgehead atoms. The van der Waals surface area contributed by atoms with Crippen molar-refractivity contribution in [2.75, 3.05) is 13.1 Å². The summed E-state index contributed by atoms with van der Waals surface area (Å²) in [7, 11) is 0. The second-order valence-corrected chi connectivity index (χ2v) is 5.30. The van der Waals surface area contributed by atoms with E-state index in [0.29, 0.717) is 18.9 Å². The molecular formula is C14H24N4O. The van der Waals surface area contributed by atoms with Crippen LogP contribution in [0.25, 0.3) is 0 Å². The summed E-state index contributed by atoms with van der Waals surface area (Å²) in [5, 5.41) is 6.20. The van der Waals surface area contributed by atoms with Crippen LogP contribution in [0.4, 0.5) is 0 Å². The number of aromatic nitrogens is 2. The fourth-order valence-corrected chi connectivity index (χ4v) is 2.58. The Labute approximate surface area is 114 Å². The highest BCUT2D eigenvalue weighted by atomic mass is 16.1. The van der Waals surface area contributed by atoms with E-state index < -0.39 is 0 Å². The van der Waals surface area contributed by atoms with Gasteiger partial charge in [0.15, 0.2) is 0 Å². The molecule has 5 nitrogen and oxygen atoms in total. The van der Waals surface area contributed by atoms with Gasteiger partial charge in [-0.2, -0.15) is 0 Å². The molecule has 1 aromatic heterocycles. The van der Waals surface area contributed by atoms with Gasteiger partial charge >= 0.3 is 0 Å². The Morgan fingerprint density at radius 1 is 1.53 bits per heavy atom. The third-order valence-electron chi connectivity index (χ3n) is 3.47. The second-order valence-electron chi connectivity index (χ2n) is 5.30. The smallest absolute Gasteiger partial charge is 0.221 e. The Hall–Kier alpha value is -1.36. The van der Waals surface area contributed by atoms with Crippen LogP contribution in [0.5, 0.6) is 0 Å². The van der Waals surface area contributed by atoms with E-state index in [-0.39, 0.29) is 5.91 Å². The number of nitrogens with zero attached hydrogens (tertiary/aromatic N) is 2. The lowest BCUT2D eigenvalue weighted by Gasteiger charge is -2.17. The zero-order valence-corrected chi connectivity index (χ0v) is 12.1. The molecule has 0 fully saturated rings. The van der Waals surface area contributed by atoms with E-state index in [4.69, 9.17) is 4.98 Å². The highest BCUT2D eigenvalue weighted by Crippen LogP contribution is 2.22. The van der Waals surface area contributed by atoms with Crippen LogP contribution >= 0.6 is 0 Å². The molecule has 0 saturated carbocycles. The number of hydrogen-bond donors (Lipinski definition) is 2. The highest BCUT2D eigenvalue weighted by molar-refractivity contribution is 5.75. The molecule has 2 heterocycles. The van der Waals surface area contributed by atoms with E-state index in [0.717, 1.165) is 37.6 Å². The van der Waals surface area contributed by atoms with E-state index in [2.05, 4.69) is 29.0 Å². The molecule has 0 aliphatic carbocycles. The second kappa shape index (κ2) is 6.19. The lowest BCUT2D eigenvalue weighted by molar-refractivity contribution is -0.121. The Bertz CT molecular complexity index is 451. The summed E-state index contributed by atoms with van der Waals surface area (Å²) in [4.78, 5) is 16.4. The maximum absolute atomic E-state index is 11.6. The molecule has 0 atom stereocenters. The molecular weight excluding hydrogens is 240 g/mol. The van der Waals surface area contributed by atoms with Gasteiger partial charge < -0.3 is 15.2 Å². The Balaban J connectivity index is 2.17. The van der Waals surface area contributed by atoms with Gasteiger partial charge in [0.25, 0.3) is 0 Å². The van der Waals surface area contributed by atoms with E-state index in [1.807, 2.05) is 6.92 Å². The average molecular weight is 264 g/mol. The van der Waals surface area contributed by atoms with E-state index in [9.17, 15) is 4.79 Å². The third-order valence-corrected chi connectivity index (χ3v) is 3.47. The molecule has 0 aromatic carbocycles. The van der Waals surface area contributed by atoms with Gasteiger partial charge in [-0.05, 0) is 6.92 Å². The molecule has 1 aliphatic heterocycles. The summed E-state index contributed by atoms with van der Waals surface area (Å²) in [6.07, 6.45) is 1.54. The van der Waals surface area contributed by atoms with Crippen molar-refractivity contribution >= 4 is 5.91 Å². The van der Waals surface area contributed by atoms with Crippen molar-refractivity contribution in [1.82, 2.24) is 20.2 Å². The van der Waals surface area contributed by atoms with Crippen molar-refractivity contribution in [3.63, 3.8) is 0 Å². The molecule has 1 aliphatic rings. The zero-order chi connectivity index (χ0) is 13.8. The SMILES string of the molecule is CCNC(=O)CCn1c(C(C)C)nc2c1CCNC2. The minimum atomic E-state index is 0.119. The Kier molecular flexibility index (Phi) is 4.58. The lowest BCUT2D eigenvalue weighted by atomic mass is 10.1. The van der Waals surface area contributed by atoms with Crippen LogP contribution in [0.1, 0.15) is 50.3 Å². The predicted molar refractivity (Wildman–Crippen MR) is 75.0 cm³/mol. The fourth-order valence-electron chi connectivity index (χ4n) is 2.58. The maximum Gasteiger partial charge on any atom is 0.221 e. The first-order chi connectivity index (χ1) is 9.13. The molecule has 2 N–H and O–H groups in total. The summed E-state index contributed by atoms with van der Waals surface area (Å²) in [5.41, 5.74) is 2.47. The van der Waals surface area contributed by atoms with Crippen molar-refractivity contribution in [1.29, 1.82) is 0 Å². The van der Waals surface area contributed by atoms with E-state index in [1.165, 1.54) is 5.69 Å². The summed E-state index contributed by atoms with van der Waals surface area (Å²) < 4.78 is 2.26. The summed E-state index contributed by atoms with van der Waals surface area (Å²) in [5.74, 6) is 1.62. The van der Waals surface area contributed by atoms with Crippen LogP contribution in [0, 0.1) is 0 Å². The molecule has 0 spiro atoms. The van der Waals surface area contributed by atoms with Crippen LogP contribution in [0.3, 0.4) is 0 Å². The van der Waals surface area contributed by atoms with Gasteiger partial charge in [-0.1, -0.05) is 13.8 Å². The topological polar surface area (TPSA) is 59.0 Å². The first kappa shape index (κ1) is 14.1. The summed E-state index contributed by atoms with van der Waals surface area (Å²) in [6, 6.07) is 0. The van der Waals surface area contributed by atoms with Crippen LogP contribution in [-0.4, -0.2) is 28.5 Å². The minimum absolute atomic E-state index is 0.119. The van der Waals surface area contributed by atoms with Crippen LogP contribution in [0.2, 0.25) is 0 Å². The number of carbonyl (C=O) groups is 1. The molecule has 5 heteroatoms. The van der Waals surface area contributed by atoms with Crippen molar-refractivity contribution < 1.29 is 4.79 Å². The molecule has 0 saturated heterocycles. The van der Waals surface area contributed by atoms with Gasteiger partial charge in [0.2, 0.25) is 5.91 Å². The monoisotopic (exact) mass is 264 g/mol. The zero-order valence-electron chi connectivity index (χ0n) is 12.1.